The number of aryl methyl sites for hydroxylation is 1. The van der Waals surface area contributed by atoms with Crippen molar-refractivity contribution in [3.63, 3.8) is 0 Å². The average molecular weight is 312 g/mol. The Balaban J connectivity index is 1.97. The number of hydrogen-bond donors (Lipinski definition) is 2. The summed E-state index contributed by atoms with van der Waals surface area (Å²) in [7, 11) is 0. The molecule has 0 fully saturated rings. The molecule has 0 saturated carbocycles. The van der Waals surface area contributed by atoms with Crippen LogP contribution in [-0.2, 0) is 4.74 Å². The maximum absolute atomic E-state index is 10.5. The smallest absolute Gasteiger partial charge is 0.507 e. The standard InChI is InChI=1S/C17H12O4S/c1-9-4-2-3-5-11(9)16(22)13-6-10-7-15(21-17(19)20)12(10)8-14(13)18/h2-8,18H,1H3,(H,19,20). The van der Waals surface area contributed by atoms with Gasteiger partial charge in [0.1, 0.15) is 11.5 Å². The second kappa shape index (κ2) is 5.27. The van der Waals surface area contributed by atoms with Gasteiger partial charge in [-0.2, -0.15) is 0 Å². The Labute approximate surface area is 132 Å². The van der Waals surface area contributed by atoms with Gasteiger partial charge in [0.2, 0.25) is 0 Å². The van der Waals surface area contributed by atoms with E-state index in [4.69, 9.17) is 17.3 Å². The first kappa shape index (κ1) is 14.3. The van der Waals surface area contributed by atoms with Crippen LogP contribution in [0.4, 0.5) is 4.79 Å². The van der Waals surface area contributed by atoms with Gasteiger partial charge < -0.3 is 14.9 Å². The molecule has 1 aliphatic rings. The SMILES string of the molecule is Cc1ccccc1C(=S)c1cc2c(cc1O)C(OC(=O)O)=C2. The normalized spacial score (nSPS) is 12.0. The first-order chi connectivity index (χ1) is 10.5. The van der Waals surface area contributed by atoms with E-state index in [9.17, 15) is 9.90 Å². The van der Waals surface area contributed by atoms with Gasteiger partial charge in [-0.05, 0) is 41.8 Å². The maximum atomic E-state index is 10.5. The molecule has 0 bridgehead atoms. The number of rotatable bonds is 3. The second-order valence-electron chi connectivity index (χ2n) is 4.98. The summed E-state index contributed by atoms with van der Waals surface area (Å²) in [6.07, 6.45) is 0.225. The first-order valence-electron chi connectivity index (χ1n) is 6.57. The number of benzene rings is 2. The summed E-state index contributed by atoms with van der Waals surface area (Å²) in [6.45, 7) is 1.96. The van der Waals surface area contributed by atoms with Crippen molar-refractivity contribution < 1.29 is 19.7 Å². The molecule has 2 N–H and O–H groups in total. The van der Waals surface area contributed by atoms with Gasteiger partial charge in [-0.3, -0.25) is 0 Å². The predicted molar refractivity (Wildman–Crippen MR) is 87.1 cm³/mol. The Hall–Kier alpha value is -2.66. The Morgan fingerprint density at radius 3 is 2.59 bits per heavy atom. The van der Waals surface area contributed by atoms with Crippen LogP contribution in [0, 0.1) is 6.92 Å². The molecular weight excluding hydrogens is 300 g/mol. The zero-order valence-corrected chi connectivity index (χ0v) is 12.5. The van der Waals surface area contributed by atoms with Gasteiger partial charge in [0.15, 0.2) is 0 Å². The Morgan fingerprint density at radius 2 is 1.91 bits per heavy atom. The Morgan fingerprint density at radius 1 is 1.18 bits per heavy atom. The van der Waals surface area contributed by atoms with Gasteiger partial charge in [0.25, 0.3) is 0 Å². The molecule has 0 spiro atoms. The summed E-state index contributed by atoms with van der Waals surface area (Å²) in [5.74, 6) is 0.234. The van der Waals surface area contributed by atoms with Gasteiger partial charge in [-0.25, -0.2) is 4.79 Å². The quantitative estimate of drug-likeness (QED) is 0.510. The molecule has 2 aromatic rings. The summed E-state index contributed by atoms with van der Waals surface area (Å²) in [5.41, 5.74) is 3.82. The molecule has 1 aliphatic carbocycles. The van der Waals surface area contributed by atoms with Crippen molar-refractivity contribution in [3.05, 3.63) is 64.2 Å². The van der Waals surface area contributed by atoms with Gasteiger partial charge in [-0.1, -0.05) is 36.5 Å². The van der Waals surface area contributed by atoms with Crippen molar-refractivity contribution in [2.45, 2.75) is 6.92 Å². The van der Waals surface area contributed by atoms with Crippen LogP contribution in [0.15, 0.2) is 36.4 Å². The summed E-state index contributed by atoms with van der Waals surface area (Å²) in [5, 5.41) is 18.8. The van der Waals surface area contributed by atoms with Gasteiger partial charge in [-0.15, -0.1) is 0 Å². The highest BCUT2D eigenvalue weighted by Gasteiger charge is 2.24. The number of phenolic OH excluding ortho intramolecular Hbond substituents is 1. The number of hydrogen-bond acceptors (Lipinski definition) is 4. The molecular formula is C17H12O4S. The number of aromatic hydroxyl groups is 1. The summed E-state index contributed by atoms with van der Waals surface area (Å²) < 4.78 is 4.61. The van der Waals surface area contributed by atoms with E-state index < -0.39 is 6.16 Å². The minimum Gasteiger partial charge on any atom is -0.507 e. The van der Waals surface area contributed by atoms with Crippen molar-refractivity contribution in [1.29, 1.82) is 0 Å². The molecule has 0 amide bonds. The monoisotopic (exact) mass is 312 g/mol. The van der Waals surface area contributed by atoms with Crippen molar-refractivity contribution in [2.75, 3.05) is 0 Å². The van der Waals surface area contributed by atoms with Crippen molar-refractivity contribution in [2.24, 2.45) is 0 Å². The van der Waals surface area contributed by atoms with Gasteiger partial charge >= 0.3 is 6.16 Å². The lowest BCUT2D eigenvalue weighted by Gasteiger charge is -2.20. The molecule has 0 saturated heterocycles. The summed E-state index contributed by atoms with van der Waals surface area (Å²) in [4.78, 5) is 11.1. The van der Waals surface area contributed by atoms with E-state index in [1.165, 1.54) is 6.07 Å². The minimum absolute atomic E-state index is 0.00610. The number of ether oxygens (including phenoxy) is 1. The molecule has 3 rings (SSSR count). The van der Waals surface area contributed by atoms with Crippen LogP contribution >= 0.6 is 12.2 Å². The molecule has 22 heavy (non-hydrogen) atoms. The van der Waals surface area contributed by atoms with Crippen LogP contribution < -0.4 is 0 Å². The van der Waals surface area contributed by atoms with Crippen molar-refractivity contribution in [3.8, 4) is 5.75 Å². The zero-order chi connectivity index (χ0) is 15.9. The maximum Gasteiger partial charge on any atom is 0.511 e. The van der Waals surface area contributed by atoms with Crippen LogP contribution in [0.25, 0.3) is 11.8 Å². The largest absolute Gasteiger partial charge is 0.511 e. The first-order valence-corrected chi connectivity index (χ1v) is 6.98. The molecule has 0 radical (unpaired) electrons. The zero-order valence-electron chi connectivity index (χ0n) is 11.7. The van der Waals surface area contributed by atoms with Crippen LogP contribution in [0.3, 0.4) is 0 Å². The highest BCUT2D eigenvalue weighted by Crippen LogP contribution is 2.38. The minimum atomic E-state index is -1.38. The number of carboxylic acid groups (broad SMARTS) is 1. The Kier molecular flexibility index (Phi) is 3.42. The number of carbonyl (C=O) groups is 1. The molecule has 0 atom stereocenters. The van der Waals surface area contributed by atoms with E-state index in [1.54, 1.807) is 12.1 Å². The third-order valence-electron chi connectivity index (χ3n) is 3.55. The van der Waals surface area contributed by atoms with Gasteiger partial charge in [0.05, 0.1) is 4.86 Å². The molecule has 0 heterocycles. The van der Waals surface area contributed by atoms with Crippen LogP contribution in [0.2, 0.25) is 0 Å². The third kappa shape index (κ3) is 2.35. The van der Waals surface area contributed by atoms with E-state index in [1.807, 2.05) is 31.2 Å². The van der Waals surface area contributed by atoms with E-state index in [0.717, 1.165) is 16.7 Å². The molecule has 5 heteroatoms. The average Bonchev–Trinajstić information content (AvgIpc) is 2.46. The molecule has 0 aromatic heterocycles. The predicted octanol–water partition coefficient (Wildman–Crippen LogP) is 3.97. The lowest BCUT2D eigenvalue weighted by Crippen LogP contribution is -2.10. The molecule has 0 aliphatic heterocycles. The van der Waals surface area contributed by atoms with Crippen LogP contribution in [0.5, 0.6) is 5.75 Å². The second-order valence-corrected chi connectivity index (χ2v) is 5.39. The lowest BCUT2D eigenvalue weighted by molar-refractivity contribution is 0.135. The molecule has 2 aromatic carbocycles. The fourth-order valence-corrected chi connectivity index (χ4v) is 2.80. The summed E-state index contributed by atoms with van der Waals surface area (Å²) in [6, 6.07) is 10.9. The highest BCUT2D eigenvalue weighted by molar-refractivity contribution is 7.81. The van der Waals surface area contributed by atoms with E-state index in [-0.39, 0.29) is 11.5 Å². The van der Waals surface area contributed by atoms with E-state index >= 15 is 0 Å². The van der Waals surface area contributed by atoms with E-state index in [0.29, 0.717) is 16.0 Å². The Bertz CT molecular complexity index is 837. The third-order valence-corrected chi connectivity index (χ3v) is 3.99. The van der Waals surface area contributed by atoms with Gasteiger partial charge in [0, 0.05) is 11.1 Å². The van der Waals surface area contributed by atoms with Crippen LogP contribution in [-0.4, -0.2) is 21.2 Å². The topological polar surface area (TPSA) is 66.8 Å². The molecule has 4 nitrogen and oxygen atoms in total. The fraction of sp³-hybridized carbons (Fsp3) is 0.0588. The van der Waals surface area contributed by atoms with Crippen molar-refractivity contribution >= 4 is 35.1 Å². The van der Waals surface area contributed by atoms with E-state index in [2.05, 4.69) is 4.74 Å². The number of thiocarbonyl (C=S) groups is 1. The van der Waals surface area contributed by atoms with Crippen molar-refractivity contribution in [1.82, 2.24) is 0 Å². The molecule has 0 unspecified atom stereocenters. The number of fused-ring (bicyclic) bond motifs is 1. The van der Waals surface area contributed by atoms with Crippen LogP contribution in [0.1, 0.15) is 27.8 Å². The number of phenols is 1. The molecule has 110 valence electrons. The fourth-order valence-electron chi connectivity index (χ4n) is 2.41. The highest BCUT2D eigenvalue weighted by atomic mass is 32.1. The lowest BCUT2D eigenvalue weighted by atomic mass is 9.90. The summed E-state index contributed by atoms with van der Waals surface area (Å²) >= 11 is 5.48.